The third-order valence-corrected chi connectivity index (χ3v) is 4.31. The lowest BCUT2D eigenvalue weighted by molar-refractivity contribution is -0.182. The molecule has 0 spiro atoms. The van der Waals surface area contributed by atoms with Gasteiger partial charge in [-0.3, -0.25) is 0 Å². The minimum Gasteiger partial charge on any atom is -0.346 e. The summed E-state index contributed by atoms with van der Waals surface area (Å²) in [5.74, 6) is -1.12. The smallest absolute Gasteiger partial charge is 0.346 e. The van der Waals surface area contributed by atoms with Crippen molar-refractivity contribution in [2.75, 3.05) is 0 Å². The Labute approximate surface area is 121 Å². The molecule has 1 fully saturated rings. The lowest BCUT2D eigenvalue weighted by atomic mass is 9.85. The molecule has 21 heavy (non-hydrogen) atoms. The van der Waals surface area contributed by atoms with Crippen LogP contribution in [0.25, 0.3) is 11.0 Å². The summed E-state index contributed by atoms with van der Waals surface area (Å²) in [6, 6.07) is 4.05. The molecule has 1 saturated carbocycles. The quantitative estimate of drug-likeness (QED) is 0.905. The molecule has 0 aliphatic heterocycles. The first-order chi connectivity index (χ1) is 10.0. The standard InChI is InChI=1S/C15H18F3N3/c16-15(17,18)11-3-5-12(6-4-11)20-8-10-9-21-14-13(10)2-1-7-19-14/h1-2,7,9,11-12,20H,3-6,8H2,(H,19,21). The number of halogens is 3. The predicted molar refractivity (Wildman–Crippen MR) is 74.7 cm³/mol. The second kappa shape index (κ2) is 5.67. The van der Waals surface area contributed by atoms with Crippen molar-refractivity contribution in [1.29, 1.82) is 0 Å². The summed E-state index contributed by atoms with van der Waals surface area (Å²) in [5, 5.41) is 4.44. The van der Waals surface area contributed by atoms with Gasteiger partial charge in [0.05, 0.1) is 5.92 Å². The zero-order valence-electron chi connectivity index (χ0n) is 11.6. The van der Waals surface area contributed by atoms with Gasteiger partial charge in [-0.15, -0.1) is 0 Å². The maximum atomic E-state index is 12.6. The second-order valence-electron chi connectivity index (χ2n) is 5.68. The van der Waals surface area contributed by atoms with Crippen molar-refractivity contribution in [3.8, 4) is 0 Å². The topological polar surface area (TPSA) is 40.7 Å². The summed E-state index contributed by atoms with van der Waals surface area (Å²) in [6.45, 7) is 0.660. The highest BCUT2D eigenvalue weighted by Gasteiger charge is 2.41. The highest BCUT2D eigenvalue weighted by molar-refractivity contribution is 5.79. The van der Waals surface area contributed by atoms with Gasteiger partial charge in [0.25, 0.3) is 0 Å². The maximum Gasteiger partial charge on any atom is 0.391 e. The molecule has 0 atom stereocenters. The molecule has 0 radical (unpaired) electrons. The number of pyridine rings is 1. The van der Waals surface area contributed by atoms with Crippen molar-refractivity contribution in [3.63, 3.8) is 0 Å². The Balaban J connectivity index is 1.55. The van der Waals surface area contributed by atoms with E-state index in [1.807, 2.05) is 18.3 Å². The fourth-order valence-electron chi connectivity index (χ4n) is 3.04. The molecular formula is C15H18F3N3. The van der Waals surface area contributed by atoms with Crippen LogP contribution in [0.1, 0.15) is 31.2 Å². The molecule has 0 saturated heterocycles. The zero-order chi connectivity index (χ0) is 14.9. The Morgan fingerprint density at radius 1 is 1.24 bits per heavy atom. The van der Waals surface area contributed by atoms with Gasteiger partial charge >= 0.3 is 6.18 Å². The highest BCUT2D eigenvalue weighted by Crippen LogP contribution is 2.37. The van der Waals surface area contributed by atoms with Crippen molar-refractivity contribution in [2.24, 2.45) is 5.92 Å². The van der Waals surface area contributed by atoms with Gasteiger partial charge in [-0.25, -0.2) is 4.98 Å². The molecule has 2 N–H and O–H groups in total. The van der Waals surface area contributed by atoms with E-state index >= 15 is 0 Å². The average molecular weight is 297 g/mol. The van der Waals surface area contributed by atoms with Crippen molar-refractivity contribution in [1.82, 2.24) is 15.3 Å². The monoisotopic (exact) mass is 297 g/mol. The second-order valence-corrected chi connectivity index (χ2v) is 5.68. The van der Waals surface area contributed by atoms with E-state index in [0.29, 0.717) is 19.4 Å². The van der Waals surface area contributed by atoms with E-state index in [0.717, 1.165) is 16.6 Å². The Morgan fingerprint density at radius 3 is 2.71 bits per heavy atom. The number of alkyl halides is 3. The number of aromatic amines is 1. The van der Waals surface area contributed by atoms with Crippen LogP contribution in [-0.4, -0.2) is 22.2 Å². The SMILES string of the molecule is FC(F)(F)C1CCC(NCc2c[nH]c3ncccc23)CC1. The molecule has 2 aromatic heterocycles. The molecule has 0 bridgehead atoms. The van der Waals surface area contributed by atoms with Gasteiger partial charge in [-0.1, -0.05) is 0 Å². The van der Waals surface area contributed by atoms with Gasteiger partial charge in [0.1, 0.15) is 5.65 Å². The highest BCUT2D eigenvalue weighted by atomic mass is 19.4. The minimum atomic E-state index is -4.03. The van der Waals surface area contributed by atoms with Crippen LogP contribution < -0.4 is 5.32 Å². The summed E-state index contributed by atoms with van der Waals surface area (Å²) in [5.41, 5.74) is 1.95. The molecule has 114 valence electrons. The Hall–Kier alpha value is -1.56. The van der Waals surface area contributed by atoms with Gasteiger partial charge < -0.3 is 10.3 Å². The molecule has 1 aliphatic carbocycles. The number of H-pyrrole nitrogens is 1. The van der Waals surface area contributed by atoms with Crippen molar-refractivity contribution in [3.05, 3.63) is 30.1 Å². The Bertz CT molecular complexity index is 597. The Morgan fingerprint density at radius 2 is 2.00 bits per heavy atom. The summed E-state index contributed by atoms with van der Waals surface area (Å²) < 4.78 is 37.9. The molecule has 0 amide bonds. The molecule has 2 aromatic rings. The van der Waals surface area contributed by atoms with Crippen molar-refractivity contribution < 1.29 is 13.2 Å². The molecule has 0 unspecified atom stereocenters. The number of rotatable bonds is 3. The van der Waals surface area contributed by atoms with Gasteiger partial charge in [-0.05, 0) is 43.4 Å². The molecule has 1 aliphatic rings. The van der Waals surface area contributed by atoms with Gasteiger partial charge in [-0.2, -0.15) is 13.2 Å². The third kappa shape index (κ3) is 3.20. The third-order valence-electron chi connectivity index (χ3n) is 4.31. The molecular weight excluding hydrogens is 279 g/mol. The molecule has 2 heterocycles. The van der Waals surface area contributed by atoms with Gasteiger partial charge in [0.2, 0.25) is 0 Å². The van der Waals surface area contributed by atoms with E-state index in [-0.39, 0.29) is 18.9 Å². The number of aromatic nitrogens is 2. The predicted octanol–water partition coefficient (Wildman–Crippen LogP) is 3.77. The first kappa shape index (κ1) is 14.4. The van der Waals surface area contributed by atoms with Crippen molar-refractivity contribution in [2.45, 2.75) is 44.4 Å². The van der Waals surface area contributed by atoms with Crippen LogP contribution in [0.3, 0.4) is 0 Å². The number of fused-ring (bicyclic) bond motifs is 1. The van der Waals surface area contributed by atoms with Crippen LogP contribution in [0.4, 0.5) is 13.2 Å². The molecule has 6 heteroatoms. The van der Waals surface area contributed by atoms with E-state index in [1.54, 1.807) is 6.20 Å². The lowest BCUT2D eigenvalue weighted by Gasteiger charge is -2.30. The molecule has 3 nitrogen and oxygen atoms in total. The van der Waals surface area contributed by atoms with E-state index in [2.05, 4.69) is 15.3 Å². The van der Waals surface area contributed by atoms with E-state index in [9.17, 15) is 13.2 Å². The summed E-state index contributed by atoms with van der Waals surface area (Å²) in [4.78, 5) is 7.33. The number of hydrogen-bond donors (Lipinski definition) is 2. The fourth-order valence-corrected chi connectivity index (χ4v) is 3.04. The van der Waals surface area contributed by atoms with E-state index < -0.39 is 12.1 Å². The normalized spacial score (nSPS) is 23.6. The van der Waals surface area contributed by atoms with Crippen LogP contribution >= 0.6 is 0 Å². The van der Waals surface area contributed by atoms with Crippen LogP contribution in [-0.2, 0) is 6.54 Å². The zero-order valence-corrected chi connectivity index (χ0v) is 11.6. The number of nitrogens with zero attached hydrogens (tertiary/aromatic N) is 1. The lowest BCUT2D eigenvalue weighted by Crippen LogP contribution is -2.36. The van der Waals surface area contributed by atoms with Gasteiger partial charge in [0, 0.05) is 30.4 Å². The van der Waals surface area contributed by atoms with Crippen LogP contribution in [0.5, 0.6) is 0 Å². The van der Waals surface area contributed by atoms with E-state index in [4.69, 9.17) is 0 Å². The van der Waals surface area contributed by atoms with Gasteiger partial charge in [0.15, 0.2) is 0 Å². The van der Waals surface area contributed by atoms with Crippen LogP contribution in [0, 0.1) is 5.92 Å². The fraction of sp³-hybridized carbons (Fsp3) is 0.533. The minimum absolute atomic E-state index is 0.172. The first-order valence-corrected chi connectivity index (χ1v) is 7.25. The summed E-state index contributed by atoms with van der Waals surface area (Å²) >= 11 is 0. The Kier molecular flexibility index (Phi) is 3.89. The number of hydrogen-bond acceptors (Lipinski definition) is 2. The van der Waals surface area contributed by atoms with Crippen molar-refractivity contribution >= 4 is 11.0 Å². The molecule has 3 rings (SSSR count). The average Bonchev–Trinajstić information content (AvgIpc) is 2.88. The van der Waals surface area contributed by atoms with E-state index in [1.165, 1.54) is 0 Å². The van der Waals surface area contributed by atoms with Crippen LogP contribution in [0.15, 0.2) is 24.5 Å². The van der Waals surface area contributed by atoms with Crippen LogP contribution in [0.2, 0.25) is 0 Å². The number of nitrogens with one attached hydrogen (secondary N) is 2. The first-order valence-electron chi connectivity index (χ1n) is 7.25. The summed E-state index contributed by atoms with van der Waals surface area (Å²) in [6.07, 6.45) is 1.25. The largest absolute Gasteiger partial charge is 0.391 e. The maximum absolute atomic E-state index is 12.6. The molecule has 0 aromatic carbocycles. The summed E-state index contributed by atoms with van der Waals surface area (Å²) in [7, 11) is 0.